The van der Waals surface area contributed by atoms with Crippen molar-refractivity contribution in [2.24, 2.45) is 17.3 Å². The summed E-state index contributed by atoms with van der Waals surface area (Å²) in [4.78, 5) is 11.7. The average Bonchev–Trinajstić information content (AvgIpc) is 3.06. The molecule has 0 spiro atoms. The molecule has 0 aromatic heterocycles. The first kappa shape index (κ1) is 10.5. The predicted octanol–water partition coefficient (Wildman–Crippen LogP) is 0.139. The highest BCUT2D eigenvalue weighted by molar-refractivity contribution is 5.80. The number of ether oxygens (including phenoxy) is 1. The molecule has 3 aliphatic rings. The summed E-state index contributed by atoms with van der Waals surface area (Å²) in [5, 5.41) is 6.58. The fourth-order valence-corrected chi connectivity index (χ4v) is 2.93. The number of carbonyl (C=O) groups is 1. The van der Waals surface area contributed by atoms with E-state index in [0.29, 0.717) is 11.8 Å². The Kier molecular flexibility index (Phi) is 2.64. The number of hydrogen-bond donors (Lipinski definition) is 2. The molecule has 1 aliphatic carbocycles. The molecule has 2 atom stereocenters. The molecule has 16 heavy (non-hydrogen) atoms. The molecule has 2 unspecified atom stereocenters. The van der Waals surface area contributed by atoms with Gasteiger partial charge in [0.25, 0.3) is 0 Å². The van der Waals surface area contributed by atoms with E-state index in [1.54, 1.807) is 0 Å². The molecule has 3 fully saturated rings. The number of rotatable bonds is 3. The SMILES string of the molecule is O=C(NCC12CCOCC1CNC2)C1CC1. The zero-order valence-corrected chi connectivity index (χ0v) is 9.63. The topological polar surface area (TPSA) is 50.4 Å². The van der Waals surface area contributed by atoms with Gasteiger partial charge in [0.1, 0.15) is 0 Å². The maximum absolute atomic E-state index is 11.7. The van der Waals surface area contributed by atoms with Crippen LogP contribution < -0.4 is 10.6 Å². The van der Waals surface area contributed by atoms with E-state index < -0.39 is 0 Å². The van der Waals surface area contributed by atoms with Crippen LogP contribution in [0.25, 0.3) is 0 Å². The van der Waals surface area contributed by atoms with Crippen molar-refractivity contribution in [3.05, 3.63) is 0 Å². The first-order chi connectivity index (χ1) is 7.80. The van der Waals surface area contributed by atoms with Crippen molar-refractivity contribution in [2.75, 3.05) is 32.8 Å². The molecule has 4 heteroatoms. The Hall–Kier alpha value is -0.610. The quantitative estimate of drug-likeness (QED) is 0.717. The van der Waals surface area contributed by atoms with E-state index in [1.807, 2.05) is 0 Å². The highest BCUT2D eigenvalue weighted by Crippen LogP contribution is 2.38. The van der Waals surface area contributed by atoms with Gasteiger partial charge in [-0.15, -0.1) is 0 Å². The van der Waals surface area contributed by atoms with E-state index in [9.17, 15) is 4.79 Å². The second-order valence-corrected chi connectivity index (χ2v) is 5.51. The smallest absolute Gasteiger partial charge is 0.223 e. The lowest BCUT2D eigenvalue weighted by molar-refractivity contribution is -0.123. The largest absolute Gasteiger partial charge is 0.381 e. The molecule has 2 heterocycles. The molecule has 3 rings (SSSR count). The predicted molar refractivity (Wildman–Crippen MR) is 60.0 cm³/mol. The minimum atomic E-state index is 0.267. The Morgan fingerprint density at radius 2 is 2.38 bits per heavy atom. The first-order valence-corrected chi connectivity index (χ1v) is 6.36. The Morgan fingerprint density at radius 1 is 1.50 bits per heavy atom. The molecule has 0 aromatic rings. The first-order valence-electron chi connectivity index (χ1n) is 6.36. The van der Waals surface area contributed by atoms with Gasteiger partial charge in [-0.3, -0.25) is 4.79 Å². The maximum Gasteiger partial charge on any atom is 0.223 e. The number of amides is 1. The Labute approximate surface area is 96.1 Å². The van der Waals surface area contributed by atoms with Crippen molar-refractivity contribution in [1.29, 1.82) is 0 Å². The molecular weight excluding hydrogens is 204 g/mol. The van der Waals surface area contributed by atoms with Gasteiger partial charge in [-0.2, -0.15) is 0 Å². The van der Waals surface area contributed by atoms with Gasteiger partial charge >= 0.3 is 0 Å². The van der Waals surface area contributed by atoms with Crippen molar-refractivity contribution >= 4 is 5.91 Å². The van der Waals surface area contributed by atoms with E-state index >= 15 is 0 Å². The third kappa shape index (κ3) is 1.84. The van der Waals surface area contributed by atoms with Crippen molar-refractivity contribution in [2.45, 2.75) is 19.3 Å². The molecule has 1 saturated carbocycles. The van der Waals surface area contributed by atoms with Crippen LogP contribution in [0.3, 0.4) is 0 Å². The molecule has 4 nitrogen and oxygen atoms in total. The van der Waals surface area contributed by atoms with Crippen LogP contribution in [0.4, 0.5) is 0 Å². The standard InChI is InChI=1S/C12H20N2O2/c15-11(9-1-2-9)14-8-12-3-4-16-6-10(12)5-13-7-12/h9-10,13H,1-8H2,(H,14,15). The molecule has 2 saturated heterocycles. The Bertz CT molecular complexity index is 291. The molecule has 0 radical (unpaired) electrons. The highest BCUT2D eigenvalue weighted by Gasteiger charge is 2.45. The fourth-order valence-electron chi connectivity index (χ4n) is 2.93. The van der Waals surface area contributed by atoms with Crippen molar-refractivity contribution < 1.29 is 9.53 Å². The Morgan fingerprint density at radius 3 is 3.19 bits per heavy atom. The summed E-state index contributed by atoms with van der Waals surface area (Å²) < 4.78 is 5.52. The normalized spacial score (nSPS) is 38.1. The van der Waals surface area contributed by atoms with Gasteiger partial charge in [0, 0.05) is 43.5 Å². The van der Waals surface area contributed by atoms with E-state index in [2.05, 4.69) is 10.6 Å². The fraction of sp³-hybridized carbons (Fsp3) is 0.917. The molecule has 90 valence electrons. The zero-order valence-electron chi connectivity index (χ0n) is 9.63. The lowest BCUT2D eigenvalue weighted by Gasteiger charge is -2.38. The third-order valence-corrected chi connectivity index (χ3v) is 4.36. The van der Waals surface area contributed by atoms with Crippen LogP contribution in [-0.4, -0.2) is 38.8 Å². The lowest BCUT2D eigenvalue weighted by atomic mass is 9.74. The van der Waals surface area contributed by atoms with Gasteiger partial charge < -0.3 is 15.4 Å². The van der Waals surface area contributed by atoms with E-state index in [-0.39, 0.29) is 11.3 Å². The van der Waals surface area contributed by atoms with Crippen LogP contribution in [0.2, 0.25) is 0 Å². The van der Waals surface area contributed by atoms with Crippen molar-refractivity contribution in [1.82, 2.24) is 10.6 Å². The monoisotopic (exact) mass is 224 g/mol. The molecular formula is C12H20N2O2. The molecule has 0 aromatic carbocycles. The van der Waals surface area contributed by atoms with Gasteiger partial charge in [0.05, 0.1) is 6.61 Å². The lowest BCUT2D eigenvalue weighted by Crippen LogP contribution is -2.47. The number of carbonyl (C=O) groups excluding carboxylic acids is 1. The van der Waals surface area contributed by atoms with Gasteiger partial charge in [-0.05, 0) is 19.3 Å². The van der Waals surface area contributed by atoms with Crippen LogP contribution in [-0.2, 0) is 9.53 Å². The summed E-state index contributed by atoms with van der Waals surface area (Å²) in [6, 6.07) is 0. The van der Waals surface area contributed by atoms with Crippen molar-refractivity contribution in [3.63, 3.8) is 0 Å². The van der Waals surface area contributed by atoms with Crippen LogP contribution in [0.15, 0.2) is 0 Å². The van der Waals surface area contributed by atoms with E-state index in [0.717, 1.165) is 52.1 Å². The second-order valence-electron chi connectivity index (χ2n) is 5.51. The average molecular weight is 224 g/mol. The Balaban J connectivity index is 1.59. The van der Waals surface area contributed by atoms with E-state index in [1.165, 1.54) is 0 Å². The molecule has 2 aliphatic heterocycles. The molecule has 2 N–H and O–H groups in total. The number of hydrogen-bond acceptors (Lipinski definition) is 3. The zero-order chi connectivity index (χ0) is 11.0. The number of fused-ring (bicyclic) bond motifs is 1. The second kappa shape index (κ2) is 4.00. The van der Waals surface area contributed by atoms with Crippen LogP contribution >= 0.6 is 0 Å². The maximum atomic E-state index is 11.7. The third-order valence-electron chi connectivity index (χ3n) is 4.36. The minimum Gasteiger partial charge on any atom is -0.381 e. The van der Waals surface area contributed by atoms with Crippen molar-refractivity contribution in [3.8, 4) is 0 Å². The number of nitrogens with one attached hydrogen (secondary N) is 2. The molecule has 1 amide bonds. The van der Waals surface area contributed by atoms with Gasteiger partial charge in [0.15, 0.2) is 0 Å². The summed E-state index contributed by atoms with van der Waals surface area (Å²) in [7, 11) is 0. The van der Waals surface area contributed by atoms with Crippen LogP contribution in [0.5, 0.6) is 0 Å². The summed E-state index contributed by atoms with van der Waals surface area (Å²) in [6.45, 7) is 4.61. The summed E-state index contributed by atoms with van der Waals surface area (Å²) in [5.41, 5.74) is 0.267. The van der Waals surface area contributed by atoms with Gasteiger partial charge in [-0.25, -0.2) is 0 Å². The summed E-state index contributed by atoms with van der Waals surface area (Å²) in [5.74, 6) is 1.18. The van der Waals surface area contributed by atoms with Crippen LogP contribution in [0.1, 0.15) is 19.3 Å². The summed E-state index contributed by atoms with van der Waals surface area (Å²) >= 11 is 0. The van der Waals surface area contributed by atoms with Gasteiger partial charge in [0.2, 0.25) is 5.91 Å². The van der Waals surface area contributed by atoms with Gasteiger partial charge in [-0.1, -0.05) is 0 Å². The van der Waals surface area contributed by atoms with Crippen LogP contribution in [0, 0.1) is 17.3 Å². The molecule has 0 bridgehead atoms. The summed E-state index contributed by atoms with van der Waals surface area (Å²) in [6.07, 6.45) is 3.25. The highest BCUT2D eigenvalue weighted by atomic mass is 16.5. The minimum absolute atomic E-state index is 0.267. The van der Waals surface area contributed by atoms with E-state index in [4.69, 9.17) is 4.74 Å².